The molecule has 1 aromatic rings. The average Bonchev–Trinajstić information content (AvgIpc) is 2.47. The first-order chi connectivity index (χ1) is 10.1. The fraction of sp³-hybridized carbons (Fsp3) is 0.529. The number of benzene rings is 1. The van der Waals surface area contributed by atoms with Gasteiger partial charge in [-0.15, -0.1) is 0 Å². The Balaban J connectivity index is 1.82. The molecule has 0 bridgehead atoms. The minimum atomic E-state index is -0.130. The van der Waals surface area contributed by atoms with Crippen LogP contribution in [-0.2, 0) is 16.0 Å². The van der Waals surface area contributed by atoms with Crippen molar-refractivity contribution in [3.63, 3.8) is 0 Å². The molecule has 0 atom stereocenters. The summed E-state index contributed by atoms with van der Waals surface area (Å²) in [5.74, 6) is 0.157. The number of aliphatic imine (C=N–C) groups is 1. The van der Waals surface area contributed by atoms with Crippen LogP contribution in [0.2, 0.25) is 0 Å². The van der Waals surface area contributed by atoms with E-state index in [1.54, 1.807) is 0 Å². The van der Waals surface area contributed by atoms with Crippen molar-refractivity contribution in [3.05, 3.63) is 35.4 Å². The lowest BCUT2D eigenvalue weighted by Gasteiger charge is -2.31. The summed E-state index contributed by atoms with van der Waals surface area (Å²) in [5, 5.41) is 0. The van der Waals surface area contributed by atoms with Gasteiger partial charge in [0.05, 0.1) is 30.9 Å². The number of morpholine rings is 1. The highest BCUT2D eigenvalue weighted by atomic mass is 16.5. The zero-order valence-corrected chi connectivity index (χ0v) is 12.8. The van der Waals surface area contributed by atoms with Gasteiger partial charge < -0.3 is 9.64 Å². The smallest absolute Gasteiger partial charge is 0.228 e. The lowest BCUT2D eigenvalue weighted by molar-refractivity contribution is -0.133. The van der Waals surface area contributed by atoms with Crippen LogP contribution in [0.5, 0.6) is 0 Å². The van der Waals surface area contributed by atoms with E-state index in [9.17, 15) is 4.79 Å². The molecule has 1 amide bonds. The van der Waals surface area contributed by atoms with Crippen molar-refractivity contribution in [2.75, 3.05) is 26.3 Å². The van der Waals surface area contributed by atoms with Gasteiger partial charge in [0.2, 0.25) is 5.91 Å². The molecule has 21 heavy (non-hydrogen) atoms. The first-order valence-corrected chi connectivity index (χ1v) is 7.58. The van der Waals surface area contributed by atoms with Crippen LogP contribution >= 0.6 is 0 Å². The summed E-state index contributed by atoms with van der Waals surface area (Å²) in [6, 6.07) is 8.30. The first kappa shape index (κ1) is 14.3. The van der Waals surface area contributed by atoms with Gasteiger partial charge in [-0.3, -0.25) is 9.79 Å². The predicted molar refractivity (Wildman–Crippen MR) is 82.8 cm³/mol. The molecule has 0 radical (unpaired) electrons. The summed E-state index contributed by atoms with van der Waals surface area (Å²) in [7, 11) is 0. The normalized spacial score (nSPS) is 20.7. The first-order valence-electron chi connectivity index (χ1n) is 7.58. The Morgan fingerprint density at radius 3 is 2.76 bits per heavy atom. The molecule has 2 aliphatic rings. The van der Waals surface area contributed by atoms with Gasteiger partial charge in [0, 0.05) is 13.1 Å². The second-order valence-electron chi connectivity index (χ2n) is 6.37. The molecule has 1 saturated heterocycles. The molecule has 4 nitrogen and oxygen atoms in total. The molecule has 3 rings (SSSR count). The third kappa shape index (κ3) is 3.16. The topological polar surface area (TPSA) is 41.9 Å². The minimum absolute atomic E-state index is 0.130. The molecule has 0 aliphatic carbocycles. The second-order valence-corrected chi connectivity index (χ2v) is 6.37. The zero-order chi connectivity index (χ0) is 14.9. The molecule has 2 heterocycles. The summed E-state index contributed by atoms with van der Waals surface area (Å²) < 4.78 is 5.31. The molecular weight excluding hydrogens is 264 g/mol. The summed E-state index contributed by atoms with van der Waals surface area (Å²) >= 11 is 0. The summed E-state index contributed by atoms with van der Waals surface area (Å²) in [5.41, 5.74) is 3.23. The number of hydrogen-bond acceptors (Lipinski definition) is 3. The highest BCUT2D eigenvalue weighted by Gasteiger charge is 2.28. The Labute approximate surface area is 125 Å². The van der Waals surface area contributed by atoms with Crippen LogP contribution in [0, 0.1) is 0 Å². The third-order valence-electron chi connectivity index (χ3n) is 4.07. The van der Waals surface area contributed by atoms with E-state index in [0.717, 1.165) is 17.7 Å². The number of nitrogens with zero attached hydrogens (tertiary/aromatic N) is 2. The lowest BCUT2D eigenvalue weighted by atomic mass is 9.86. The summed E-state index contributed by atoms with van der Waals surface area (Å²) in [6.07, 6.45) is 1.32. The van der Waals surface area contributed by atoms with Crippen molar-refractivity contribution in [1.29, 1.82) is 0 Å². The monoisotopic (exact) mass is 286 g/mol. The molecule has 0 saturated carbocycles. The Morgan fingerprint density at radius 1 is 1.29 bits per heavy atom. The van der Waals surface area contributed by atoms with Crippen molar-refractivity contribution in [1.82, 2.24) is 4.90 Å². The van der Waals surface area contributed by atoms with E-state index in [1.165, 1.54) is 5.56 Å². The fourth-order valence-electron chi connectivity index (χ4n) is 3.09. The lowest BCUT2D eigenvalue weighted by Crippen LogP contribution is -2.42. The van der Waals surface area contributed by atoms with Gasteiger partial charge in [0.15, 0.2) is 0 Å². The number of amides is 1. The molecule has 1 fully saturated rings. The van der Waals surface area contributed by atoms with Crippen molar-refractivity contribution < 1.29 is 9.53 Å². The number of ether oxygens (including phenoxy) is 1. The van der Waals surface area contributed by atoms with Crippen molar-refractivity contribution in [2.45, 2.75) is 32.2 Å². The number of carbonyl (C=O) groups is 1. The van der Waals surface area contributed by atoms with Crippen LogP contribution < -0.4 is 0 Å². The van der Waals surface area contributed by atoms with Crippen LogP contribution in [0.25, 0.3) is 0 Å². The highest BCUT2D eigenvalue weighted by Crippen LogP contribution is 2.28. The van der Waals surface area contributed by atoms with Crippen molar-refractivity contribution in [2.24, 2.45) is 4.99 Å². The minimum Gasteiger partial charge on any atom is -0.378 e. The maximum Gasteiger partial charge on any atom is 0.228 e. The summed E-state index contributed by atoms with van der Waals surface area (Å²) in [4.78, 5) is 19.2. The number of hydrogen-bond donors (Lipinski definition) is 0. The quantitative estimate of drug-likeness (QED) is 0.835. The molecule has 1 aromatic carbocycles. The maximum absolute atomic E-state index is 12.5. The van der Waals surface area contributed by atoms with Gasteiger partial charge in [0.25, 0.3) is 0 Å². The SMILES string of the molecule is CC1(C)Cc2ccccc2C(CC(=O)N2CCOCC2)=N1. The van der Waals surface area contributed by atoms with Gasteiger partial charge >= 0.3 is 0 Å². The van der Waals surface area contributed by atoms with E-state index in [2.05, 4.69) is 32.0 Å². The largest absolute Gasteiger partial charge is 0.378 e. The predicted octanol–water partition coefficient (Wildman–Crippen LogP) is 2.06. The van der Waals surface area contributed by atoms with Crippen LogP contribution in [0.1, 0.15) is 31.4 Å². The van der Waals surface area contributed by atoms with E-state index in [4.69, 9.17) is 9.73 Å². The van der Waals surface area contributed by atoms with Crippen LogP contribution in [0.4, 0.5) is 0 Å². The van der Waals surface area contributed by atoms with Crippen molar-refractivity contribution in [3.8, 4) is 0 Å². The van der Waals surface area contributed by atoms with Gasteiger partial charge in [0.1, 0.15) is 0 Å². The molecule has 0 N–H and O–H groups in total. The Kier molecular flexibility index (Phi) is 3.81. The number of carbonyl (C=O) groups excluding carboxylic acids is 1. The highest BCUT2D eigenvalue weighted by molar-refractivity contribution is 6.12. The molecule has 2 aliphatic heterocycles. The molecule has 0 spiro atoms. The van der Waals surface area contributed by atoms with Gasteiger partial charge in [-0.25, -0.2) is 0 Å². The Morgan fingerprint density at radius 2 is 2.00 bits per heavy atom. The molecule has 0 aromatic heterocycles. The van der Waals surface area contributed by atoms with Gasteiger partial charge in [-0.05, 0) is 31.4 Å². The third-order valence-corrected chi connectivity index (χ3v) is 4.07. The number of rotatable bonds is 2. The standard InChI is InChI=1S/C17H22N2O2/c1-17(2)12-13-5-3-4-6-14(13)15(18-17)11-16(20)19-7-9-21-10-8-19/h3-6H,7-12H2,1-2H3. The van der Waals surface area contributed by atoms with E-state index in [1.807, 2.05) is 11.0 Å². The Hall–Kier alpha value is -1.68. The van der Waals surface area contributed by atoms with Gasteiger partial charge in [-0.2, -0.15) is 0 Å². The van der Waals surface area contributed by atoms with E-state index >= 15 is 0 Å². The zero-order valence-electron chi connectivity index (χ0n) is 12.8. The fourth-order valence-corrected chi connectivity index (χ4v) is 3.09. The van der Waals surface area contributed by atoms with Crippen LogP contribution in [0.3, 0.4) is 0 Å². The van der Waals surface area contributed by atoms with Crippen LogP contribution in [0.15, 0.2) is 29.3 Å². The van der Waals surface area contributed by atoms with Crippen molar-refractivity contribution >= 4 is 11.6 Å². The maximum atomic E-state index is 12.5. The van der Waals surface area contributed by atoms with Crippen LogP contribution in [-0.4, -0.2) is 48.4 Å². The molecule has 4 heteroatoms. The Bertz CT molecular complexity index is 572. The van der Waals surface area contributed by atoms with Gasteiger partial charge in [-0.1, -0.05) is 24.3 Å². The molecule has 112 valence electrons. The summed E-state index contributed by atoms with van der Waals surface area (Å²) in [6.45, 7) is 6.92. The van der Waals surface area contributed by atoms with E-state index in [0.29, 0.717) is 32.7 Å². The number of fused-ring (bicyclic) bond motifs is 1. The molecular formula is C17H22N2O2. The average molecular weight is 286 g/mol. The molecule has 0 unspecified atom stereocenters. The second kappa shape index (κ2) is 5.60. The van der Waals surface area contributed by atoms with E-state index in [-0.39, 0.29) is 11.4 Å². The van der Waals surface area contributed by atoms with E-state index < -0.39 is 0 Å².